The van der Waals surface area contributed by atoms with Gasteiger partial charge in [-0.15, -0.1) is 0 Å². The number of aliphatic hydroxyl groups is 1. The van der Waals surface area contributed by atoms with E-state index in [-0.39, 0.29) is 17.3 Å². The molecule has 21 heavy (non-hydrogen) atoms. The molecular weight excluding hydrogens is 294 g/mol. The van der Waals surface area contributed by atoms with Crippen LogP contribution in [0.5, 0.6) is 0 Å². The summed E-state index contributed by atoms with van der Waals surface area (Å²) < 4.78 is 5.29. The number of carbonyl (C=O) groups excluding carboxylic acids is 1. The Morgan fingerprint density at radius 2 is 2.33 bits per heavy atom. The minimum atomic E-state index is -1.15. The highest BCUT2D eigenvalue weighted by atomic mass is 35.5. The van der Waals surface area contributed by atoms with Gasteiger partial charge < -0.3 is 9.63 Å². The monoisotopic (exact) mass is 309 g/mol. The van der Waals surface area contributed by atoms with Crippen molar-refractivity contribution in [1.29, 1.82) is 5.26 Å². The Kier molecular flexibility index (Phi) is 4.08. The first kappa shape index (κ1) is 15.5. The van der Waals surface area contributed by atoms with E-state index in [1.54, 1.807) is 13.0 Å². The van der Waals surface area contributed by atoms with Gasteiger partial charge in [0.05, 0.1) is 6.07 Å². The van der Waals surface area contributed by atoms with Crippen molar-refractivity contribution in [2.45, 2.75) is 45.3 Å². The number of anilines is 1. The summed E-state index contributed by atoms with van der Waals surface area (Å²) in [6.07, 6.45) is -0.192. The van der Waals surface area contributed by atoms with E-state index in [0.29, 0.717) is 17.8 Å². The standard InChI is InChI=1S/C14H16ClN3O3/c1-4-14(3,5-6-16)9-7-10(17-21-9)18-12(19)8(2)11(15)13(18)20/h7,12,19H,4-5H2,1-3H3/t12-,14?/m1/s1. The Balaban J connectivity index is 2.34. The minimum Gasteiger partial charge on any atom is -0.369 e. The second kappa shape index (κ2) is 5.51. The van der Waals surface area contributed by atoms with Crippen LogP contribution in [0.2, 0.25) is 0 Å². The van der Waals surface area contributed by atoms with Gasteiger partial charge in [-0.25, -0.2) is 0 Å². The van der Waals surface area contributed by atoms with Crippen LogP contribution in [0, 0.1) is 11.3 Å². The van der Waals surface area contributed by atoms with Crippen LogP contribution in [0.25, 0.3) is 0 Å². The lowest BCUT2D eigenvalue weighted by Crippen LogP contribution is -2.35. The SMILES string of the molecule is CCC(C)(CC#N)c1cc(N2C(=O)C(Cl)=C(C)[C@H]2O)no1. The van der Waals surface area contributed by atoms with Crippen molar-refractivity contribution in [3.63, 3.8) is 0 Å². The minimum absolute atomic E-state index is 0.0117. The summed E-state index contributed by atoms with van der Waals surface area (Å²) in [7, 11) is 0. The normalized spacial score (nSPS) is 21.6. The van der Waals surface area contributed by atoms with Crippen LogP contribution in [0.4, 0.5) is 5.82 Å². The predicted octanol–water partition coefficient (Wildman–Crippen LogP) is 2.43. The van der Waals surface area contributed by atoms with Gasteiger partial charge in [-0.05, 0) is 13.3 Å². The molecule has 1 aromatic heterocycles. The first-order valence-electron chi connectivity index (χ1n) is 6.57. The van der Waals surface area contributed by atoms with Gasteiger partial charge in [0, 0.05) is 23.5 Å². The first-order valence-corrected chi connectivity index (χ1v) is 6.95. The van der Waals surface area contributed by atoms with Crippen molar-refractivity contribution >= 4 is 23.3 Å². The molecule has 0 aromatic carbocycles. The molecule has 1 N–H and O–H groups in total. The molecule has 0 radical (unpaired) electrons. The zero-order chi connectivity index (χ0) is 15.8. The molecule has 7 heteroatoms. The Morgan fingerprint density at radius 3 is 2.81 bits per heavy atom. The van der Waals surface area contributed by atoms with E-state index in [1.165, 1.54) is 0 Å². The number of hydrogen-bond acceptors (Lipinski definition) is 5. The first-order chi connectivity index (χ1) is 9.85. The highest BCUT2D eigenvalue weighted by Crippen LogP contribution is 2.36. The van der Waals surface area contributed by atoms with Gasteiger partial charge in [0.2, 0.25) is 0 Å². The number of aliphatic hydroxyl groups excluding tert-OH is 1. The molecule has 0 fully saturated rings. The molecule has 0 saturated heterocycles. The van der Waals surface area contributed by atoms with Crippen molar-refractivity contribution in [3.05, 3.63) is 22.4 Å². The van der Waals surface area contributed by atoms with Crippen LogP contribution in [0.15, 0.2) is 21.2 Å². The van der Waals surface area contributed by atoms with Crippen molar-refractivity contribution in [1.82, 2.24) is 5.16 Å². The van der Waals surface area contributed by atoms with Gasteiger partial charge in [-0.2, -0.15) is 5.26 Å². The van der Waals surface area contributed by atoms with Gasteiger partial charge >= 0.3 is 0 Å². The highest BCUT2D eigenvalue weighted by molar-refractivity contribution is 6.45. The third-order valence-electron chi connectivity index (χ3n) is 3.97. The number of aromatic nitrogens is 1. The number of carbonyl (C=O) groups is 1. The number of amides is 1. The Morgan fingerprint density at radius 1 is 1.67 bits per heavy atom. The van der Waals surface area contributed by atoms with Crippen molar-refractivity contribution in [2.24, 2.45) is 0 Å². The molecule has 0 bridgehead atoms. The Labute approximate surface area is 127 Å². The van der Waals surface area contributed by atoms with Crippen molar-refractivity contribution in [3.8, 4) is 6.07 Å². The van der Waals surface area contributed by atoms with Gasteiger partial charge in [-0.3, -0.25) is 9.69 Å². The van der Waals surface area contributed by atoms with Crippen LogP contribution in [-0.2, 0) is 10.2 Å². The van der Waals surface area contributed by atoms with E-state index in [2.05, 4.69) is 11.2 Å². The maximum absolute atomic E-state index is 12.0. The van der Waals surface area contributed by atoms with E-state index in [9.17, 15) is 9.90 Å². The molecule has 1 aromatic rings. The summed E-state index contributed by atoms with van der Waals surface area (Å²) >= 11 is 5.85. The second-order valence-corrected chi connectivity index (χ2v) is 5.72. The smallest absolute Gasteiger partial charge is 0.273 e. The second-order valence-electron chi connectivity index (χ2n) is 5.34. The highest BCUT2D eigenvalue weighted by Gasteiger charge is 2.39. The summed E-state index contributed by atoms with van der Waals surface area (Å²) in [6.45, 7) is 5.41. The molecule has 6 nitrogen and oxygen atoms in total. The molecule has 0 aliphatic carbocycles. The van der Waals surface area contributed by atoms with Gasteiger partial charge in [-0.1, -0.05) is 30.6 Å². The fourth-order valence-corrected chi connectivity index (χ4v) is 2.34. The molecule has 1 aliphatic heterocycles. The van der Waals surface area contributed by atoms with E-state index in [1.807, 2.05) is 13.8 Å². The predicted molar refractivity (Wildman–Crippen MR) is 76.4 cm³/mol. The number of nitrogens with zero attached hydrogens (tertiary/aromatic N) is 3. The molecule has 1 unspecified atom stereocenters. The third kappa shape index (κ3) is 2.43. The van der Waals surface area contributed by atoms with Crippen LogP contribution in [0.1, 0.15) is 39.4 Å². The molecule has 2 heterocycles. The summed E-state index contributed by atoms with van der Waals surface area (Å²) in [6, 6.07) is 3.70. The fourth-order valence-electron chi connectivity index (χ4n) is 2.15. The topological polar surface area (TPSA) is 90.4 Å². The van der Waals surface area contributed by atoms with Crippen LogP contribution in [0.3, 0.4) is 0 Å². The zero-order valence-corrected chi connectivity index (χ0v) is 12.8. The van der Waals surface area contributed by atoms with Gasteiger partial charge in [0.1, 0.15) is 10.8 Å². The van der Waals surface area contributed by atoms with E-state index >= 15 is 0 Å². The average Bonchev–Trinajstić information content (AvgIpc) is 3.01. The maximum atomic E-state index is 12.0. The quantitative estimate of drug-likeness (QED) is 0.922. The maximum Gasteiger partial charge on any atom is 0.273 e. The molecule has 0 spiro atoms. The van der Waals surface area contributed by atoms with Crippen LogP contribution in [-0.4, -0.2) is 22.4 Å². The molecule has 2 atom stereocenters. The lowest BCUT2D eigenvalue weighted by Gasteiger charge is -2.21. The number of rotatable bonds is 4. The van der Waals surface area contributed by atoms with Gasteiger partial charge in [0.15, 0.2) is 12.0 Å². The van der Waals surface area contributed by atoms with E-state index in [4.69, 9.17) is 21.4 Å². The van der Waals surface area contributed by atoms with Gasteiger partial charge in [0.25, 0.3) is 5.91 Å². The summed E-state index contributed by atoms with van der Waals surface area (Å²) in [5.41, 5.74) is -0.110. The van der Waals surface area contributed by atoms with E-state index < -0.39 is 17.6 Å². The molecule has 1 aliphatic rings. The number of hydrogen-bond donors (Lipinski definition) is 1. The fraction of sp³-hybridized carbons (Fsp3) is 0.500. The third-order valence-corrected chi connectivity index (χ3v) is 4.43. The summed E-state index contributed by atoms with van der Waals surface area (Å²) in [5.74, 6) is 0.178. The number of nitriles is 1. The average molecular weight is 310 g/mol. The molecule has 2 rings (SSSR count). The molecule has 112 valence electrons. The summed E-state index contributed by atoms with van der Waals surface area (Å²) in [4.78, 5) is 13.1. The Hall–Kier alpha value is -1.84. The Bertz CT molecular complexity index is 646. The van der Waals surface area contributed by atoms with Crippen molar-refractivity contribution < 1.29 is 14.4 Å². The molecule has 0 saturated carbocycles. The van der Waals surface area contributed by atoms with Crippen LogP contribution < -0.4 is 4.90 Å². The number of halogens is 1. The van der Waals surface area contributed by atoms with Crippen molar-refractivity contribution in [2.75, 3.05) is 4.90 Å². The zero-order valence-electron chi connectivity index (χ0n) is 12.1. The molecular formula is C14H16ClN3O3. The summed E-state index contributed by atoms with van der Waals surface area (Å²) in [5, 5.41) is 22.8. The largest absolute Gasteiger partial charge is 0.369 e. The molecule has 1 amide bonds. The lowest BCUT2D eigenvalue weighted by molar-refractivity contribution is -0.115. The van der Waals surface area contributed by atoms with E-state index in [0.717, 1.165) is 4.90 Å². The lowest BCUT2D eigenvalue weighted by atomic mass is 9.82. The van der Waals surface area contributed by atoms with Crippen LogP contribution >= 0.6 is 11.6 Å².